The summed E-state index contributed by atoms with van der Waals surface area (Å²) in [6.45, 7) is 6.43. The lowest BCUT2D eigenvalue weighted by Gasteiger charge is -2.44. The first-order chi connectivity index (χ1) is 12.5. The van der Waals surface area contributed by atoms with E-state index in [4.69, 9.17) is 5.11 Å². The molecular weight excluding hydrogens is 330 g/mol. The lowest BCUT2D eigenvalue weighted by molar-refractivity contribution is 0.0268. The van der Waals surface area contributed by atoms with Gasteiger partial charge in [-0.1, -0.05) is 12.1 Å². The van der Waals surface area contributed by atoms with Gasteiger partial charge in [-0.3, -0.25) is 14.7 Å². The van der Waals surface area contributed by atoms with Gasteiger partial charge in [-0.15, -0.1) is 0 Å². The molecule has 1 fully saturated rings. The number of rotatable bonds is 4. The van der Waals surface area contributed by atoms with Gasteiger partial charge in [0.2, 0.25) is 0 Å². The Morgan fingerprint density at radius 2 is 1.58 bits per heavy atom. The number of carbonyl (C=O) groups excluding carboxylic acids is 1. The van der Waals surface area contributed by atoms with Gasteiger partial charge in [-0.2, -0.15) is 0 Å². The van der Waals surface area contributed by atoms with E-state index in [9.17, 15) is 9.59 Å². The predicted molar refractivity (Wildman–Crippen MR) is 98.0 cm³/mol. The summed E-state index contributed by atoms with van der Waals surface area (Å²) in [5, 5.41) is 8.99. The van der Waals surface area contributed by atoms with Crippen molar-refractivity contribution in [3.05, 3.63) is 65.5 Å². The number of amides is 1. The highest BCUT2D eigenvalue weighted by Gasteiger charge is 2.33. The second kappa shape index (κ2) is 7.66. The van der Waals surface area contributed by atoms with E-state index in [1.807, 2.05) is 17.0 Å². The summed E-state index contributed by atoms with van der Waals surface area (Å²) in [5.41, 5.74) is 2.03. The molecule has 1 saturated heterocycles. The zero-order chi connectivity index (χ0) is 18.7. The van der Waals surface area contributed by atoms with Crippen LogP contribution in [0.3, 0.4) is 0 Å². The first-order valence-electron chi connectivity index (χ1n) is 8.73. The molecule has 2 aromatic rings. The van der Waals surface area contributed by atoms with Gasteiger partial charge in [0.15, 0.2) is 0 Å². The Bertz CT molecular complexity index is 765. The van der Waals surface area contributed by atoms with Crippen LogP contribution in [0.2, 0.25) is 0 Å². The first kappa shape index (κ1) is 18.1. The maximum absolute atomic E-state index is 12.8. The lowest BCUT2D eigenvalue weighted by atomic mass is 10.0. The molecule has 0 radical (unpaired) electrons. The summed E-state index contributed by atoms with van der Waals surface area (Å²) in [6.07, 6.45) is 3.28. The molecule has 0 aliphatic carbocycles. The van der Waals surface area contributed by atoms with E-state index in [-0.39, 0.29) is 18.0 Å². The zero-order valence-electron chi connectivity index (χ0n) is 15.0. The van der Waals surface area contributed by atoms with Gasteiger partial charge in [0.05, 0.1) is 5.56 Å². The van der Waals surface area contributed by atoms with Crippen molar-refractivity contribution < 1.29 is 14.7 Å². The van der Waals surface area contributed by atoms with E-state index in [0.29, 0.717) is 11.1 Å². The topological polar surface area (TPSA) is 73.7 Å². The second-order valence-electron chi connectivity index (χ2n) is 6.84. The van der Waals surface area contributed by atoms with Gasteiger partial charge in [0, 0.05) is 49.7 Å². The highest BCUT2D eigenvalue weighted by Crippen LogP contribution is 2.20. The Balaban J connectivity index is 1.66. The number of benzene rings is 1. The number of carboxylic acid groups (broad SMARTS) is 1. The van der Waals surface area contributed by atoms with Crippen molar-refractivity contribution in [2.24, 2.45) is 0 Å². The maximum Gasteiger partial charge on any atom is 0.335 e. The number of hydrogen-bond acceptors (Lipinski definition) is 4. The molecule has 6 nitrogen and oxygen atoms in total. The Labute approximate surface area is 153 Å². The number of nitrogens with zero attached hydrogens (tertiary/aromatic N) is 3. The minimum Gasteiger partial charge on any atom is -0.478 e. The SMILES string of the molecule is C[C@@H]1CN(Cc2ccc(C(=O)O)cc2)C[C@H](C)N1C(=O)c1ccncc1. The van der Waals surface area contributed by atoms with Gasteiger partial charge in [-0.05, 0) is 43.7 Å². The van der Waals surface area contributed by atoms with E-state index in [2.05, 4.69) is 23.7 Å². The Morgan fingerprint density at radius 3 is 2.12 bits per heavy atom. The van der Waals surface area contributed by atoms with Crippen LogP contribution in [0.5, 0.6) is 0 Å². The molecule has 0 saturated carbocycles. The molecule has 1 aromatic heterocycles. The molecule has 1 aliphatic heterocycles. The van der Waals surface area contributed by atoms with Crippen molar-refractivity contribution >= 4 is 11.9 Å². The Morgan fingerprint density at radius 1 is 1.00 bits per heavy atom. The highest BCUT2D eigenvalue weighted by atomic mass is 16.4. The van der Waals surface area contributed by atoms with E-state index < -0.39 is 5.97 Å². The number of pyridine rings is 1. The van der Waals surface area contributed by atoms with Crippen LogP contribution >= 0.6 is 0 Å². The minimum atomic E-state index is -0.915. The number of carboxylic acids is 1. The average molecular weight is 353 g/mol. The average Bonchev–Trinajstić information content (AvgIpc) is 2.62. The van der Waals surface area contributed by atoms with Crippen LogP contribution in [0, 0.1) is 0 Å². The molecule has 1 aliphatic rings. The van der Waals surface area contributed by atoms with Crippen molar-refractivity contribution in [2.75, 3.05) is 13.1 Å². The first-order valence-corrected chi connectivity index (χ1v) is 8.73. The van der Waals surface area contributed by atoms with Gasteiger partial charge >= 0.3 is 5.97 Å². The van der Waals surface area contributed by atoms with Crippen LogP contribution in [0.25, 0.3) is 0 Å². The maximum atomic E-state index is 12.8. The quantitative estimate of drug-likeness (QED) is 0.914. The Hall–Kier alpha value is -2.73. The number of hydrogen-bond donors (Lipinski definition) is 1. The molecule has 1 amide bonds. The van der Waals surface area contributed by atoms with Crippen molar-refractivity contribution in [2.45, 2.75) is 32.5 Å². The molecular formula is C20H23N3O3. The molecule has 0 spiro atoms. The molecule has 136 valence electrons. The standard InChI is InChI=1S/C20H23N3O3/c1-14-11-22(13-16-3-5-18(6-4-16)20(25)26)12-15(2)23(14)19(24)17-7-9-21-10-8-17/h3-10,14-15H,11-13H2,1-2H3,(H,25,26)/t14-,15+. The zero-order valence-corrected chi connectivity index (χ0v) is 15.0. The normalized spacial score (nSPS) is 20.8. The van der Waals surface area contributed by atoms with Crippen LogP contribution < -0.4 is 0 Å². The van der Waals surface area contributed by atoms with E-state index >= 15 is 0 Å². The van der Waals surface area contributed by atoms with E-state index in [1.165, 1.54) is 0 Å². The van der Waals surface area contributed by atoms with Crippen LogP contribution in [-0.4, -0.2) is 56.9 Å². The van der Waals surface area contributed by atoms with Crippen molar-refractivity contribution in [1.82, 2.24) is 14.8 Å². The molecule has 26 heavy (non-hydrogen) atoms. The van der Waals surface area contributed by atoms with E-state index in [0.717, 1.165) is 25.2 Å². The third-order valence-corrected chi connectivity index (χ3v) is 4.76. The number of carbonyl (C=O) groups is 2. The largest absolute Gasteiger partial charge is 0.478 e. The molecule has 2 heterocycles. The van der Waals surface area contributed by atoms with Gasteiger partial charge in [-0.25, -0.2) is 4.79 Å². The van der Waals surface area contributed by atoms with Crippen LogP contribution in [-0.2, 0) is 6.54 Å². The van der Waals surface area contributed by atoms with Crippen LogP contribution in [0.1, 0.15) is 40.1 Å². The molecule has 2 atom stereocenters. The number of aromatic carboxylic acids is 1. The summed E-state index contributed by atoms with van der Waals surface area (Å²) < 4.78 is 0. The fourth-order valence-corrected chi connectivity index (χ4v) is 3.62. The van der Waals surface area contributed by atoms with Crippen molar-refractivity contribution in [3.63, 3.8) is 0 Å². The summed E-state index contributed by atoms with van der Waals surface area (Å²) in [6, 6.07) is 10.7. The highest BCUT2D eigenvalue weighted by molar-refractivity contribution is 5.94. The third kappa shape index (κ3) is 3.91. The van der Waals surface area contributed by atoms with Crippen LogP contribution in [0.4, 0.5) is 0 Å². The molecule has 1 N–H and O–H groups in total. The summed E-state index contributed by atoms with van der Waals surface area (Å²) in [7, 11) is 0. The van der Waals surface area contributed by atoms with Gasteiger partial charge < -0.3 is 10.0 Å². The van der Waals surface area contributed by atoms with E-state index in [1.54, 1.807) is 36.7 Å². The van der Waals surface area contributed by atoms with Gasteiger partial charge in [0.1, 0.15) is 0 Å². The molecule has 0 unspecified atom stereocenters. The minimum absolute atomic E-state index is 0.0397. The van der Waals surface area contributed by atoms with Crippen molar-refractivity contribution in [3.8, 4) is 0 Å². The molecule has 1 aromatic carbocycles. The third-order valence-electron chi connectivity index (χ3n) is 4.76. The van der Waals surface area contributed by atoms with Crippen LogP contribution in [0.15, 0.2) is 48.8 Å². The molecule has 3 rings (SSSR count). The number of aromatic nitrogens is 1. The number of piperazine rings is 1. The summed E-state index contributed by atoms with van der Waals surface area (Å²) >= 11 is 0. The molecule has 0 bridgehead atoms. The fourth-order valence-electron chi connectivity index (χ4n) is 3.62. The summed E-state index contributed by atoms with van der Waals surface area (Å²) in [5.74, 6) is -0.875. The second-order valence-corrected chi connectivity index (χ2v) is 6.84. The monoisotopic (exact) mass is 353 g/mol. The predicted octanol–water partition coefficient (Wildman–Crippen LogP) is 2.51. The fraction of sp³-hybridized carbons (Fsp3) is 0.350. The smallest absolute Gasteiger partial charge is 0.335 e. The lowest BCUT2D eigenvalue weighted by Crippen LogP contribution is -2.58. The van der Waals surface area contributed by atoms with Crippen molar-refractivity contribution in [1.29, 1.82) is 0 Å². The summed E-state index contributed by atoms with van der Waals surface area (Å²) in [4.78, 5) is 32.0. The van der Waals surface area contributed by atoms with Gasteiger partial charge in [0.25, 0.3) is 5.91 Å². The Kier molecular flexibility index (Phi) is 5.32. The molecule has 6 heteroatoms.